The topological polar surface area (TPSA) is 0 Å². The van der Waals surface area contributed by atoms with E-state index in [1.54, 1.807) is 23.7 Å². The van der Waals surface area contributed by atoms with Crippen LogP contribution in [0.2, 0.25) is 0 Å². The first kappa shape index (κ1) is 10.1. The predicted molar refractivity (Wildman–Crippen MR) is 63.7 cm³/mol. The molecule has 0 amide bonds. The van der Waals surface area contributed by atoms with Crippen LogP contribution in [0.25, 0.3) is 0 Å². The third-order valence-corrected chi connectivity index (χ3v) is 5.73. The highest BCUT2D eigenvalue weighted by Crippen LogP contribution is 2.49. The van der Waals surface area contributed by atoms with E-state index in [1.165, 1.54) is 51.7 Å². The van der Waals surface area contributed by atoms with Crippen LogP contribution in [-0.2, 0) is 0 Å². The fraction of sp³-hybridized carbons (Fsp3) is 1.00. The summed E-state index contributed by atoms with van der Waals surface area (Å²) in [6, 6.07) is 0. The van der Waals surface area contributed by atoms with E-state index >= 15 is 0 Å². The van der Waals surface area contributed by atoms with Crippen molar-refractivity contribution in [3.63, 3.8) is 0 Å². The molecule has 0 aromatic rings. The summed E-state index contributed by atoms with van der Waals surface area (Å²) in [6.45, 7) is 7.04. The van der Waals surface area contributed by atoms with Crippen LogP contribution in [0.15, 0.2) is 0 Å². The first-order valence-electron chi connectivity index (χ1n) is 7.13. The number of nitrogens with zero attached hydrogens (tertiary/aromatic N) is 1. The molecular weight excluding hydrogens is 182 g/mol. The zero-order valence-corrected chi connectivity index (χ0v) is 10.3. The molecule has 0 spiro atoms. The summed E-state index contributed by atoms with van der Waals surface area (Å²) >= 11 is 0. The summed E-state index contributed by atoms with van der Waals surface area (Å²) in [6.07, 6.45) is 12.2. The lowest BCUT2D eigenvalue weighted by atomic mass is 9.69. The van der Waals surface area contributed by atoms with Crippen molar-refractivity contribution in [3.8, 4) is 0 Å². The van der Waals surface area contributed by atoms with Crippen LogP contribution in [0.5, 0.6) is 0 Å². The van der Waals surface area contributed by atoms with Crippen LogP contribution in [0, 0.1) is 5.92 Å². The molecule has 1 heteroatoms. The van der Waals surface area contributed by atoms with Crippen LogP contribution in [0.3, 0.4) is 0 Å². The second-order valence-corrected chi connectivity index (χ2v) is 6.56. The highest BCUT2D eigenvalue weighted by Gasteiger charge is 2.55. The summed E-state index contributed by atoms with van der Waals surface area (Å²) in [4.78, 5) is 0. The number of hydrogen-bond acceptors (Lipinski definition) is 0. The lowest BCUT2D eigenvalue weighted by molar-refractivity contribution is -0.993. The van der Waals surface area contributed by atoms with E-state index in [0.29, 0.717) is 0 Å². The molecule has 86 valence electrons. The molecule has 1 nitrogen and oxygen atoms in total. The number of hydrogen-bond donors (Lipinski definition) is 0. The fourth-order valence-electron chi connectivity index (χ4n) is 4.99. The van der Waals surface area contributed by atoms with Gasteiger partial charge in [-0.2, -0.15) is 0 Å². The Hall–Kier alpha value is -0.0400. The Balaban J connectivity index is 1.93. The summed E-state index contributed by atoms with van der Waals surface area (Å²) in [5.41, 5.74) is 0.767. The molecule has 0 aliphatic carbocycles. The van der Waals surface area contributed by atoms with Crippen LogP contribution >= 0.6 is 0 Å². The van der Waals surface area contributed by atoms with Gasteiger partial charge in [-0.25, -0.2) is 0 Å². The van der Waals surface area contributed by atoms with Crippen molar-refractivity contribution in [1.29, 1.82) is 0 Å². The highest BCUT2D eigenvalue weighted by atomic mass is 15.4. The molecule has 0 bridgehead atoms. The van der Waals surface area contributed by atoms with Crippen LogP contribution in [0.4, 0.5) is 0 Å². The minimum Gasteiger partial charge on any atom is -0.319 e. The molecule has 0 saturated carbocycles. The molecule has 1 atom stereocenters. The lowest BCUT2D eigenvalue weighted by Gasteiger charge is -2.62. The molecule has 3 saturated heterocycles. The number of rotatable bonds is 0. The third kappa shape index (κ3) is 1.39. The molecule has 3 aliphatic rings. The smallest absolute Gasteiger partial charge is 0.0992 e. The maximum absolute atomic E-state index is 2.49. The van der Waals surface area contributed by atoms with E-state index in [1.807, 2.05) is 0 Å². The molecule has 3 fully saturated rings. The SMILES string of the molecule is C[C@H]1CCC23CCCC[N+]2(CCCC3)C1. The van der Waals surface area contributed by atoms with Crippen molar-refractivity contribution < 1.29 is 4.48 Å². The van der Waals surface area contributed by atoms with Crippen molar-refractivity contribution in [1.82, 2.24) is 0 Å². The Morgan fingerprint density at radius 3 is 2.27 bits per heavy atom. The first-order chi connectivity index (χ1) is 7.27. The van der Waals surface area contributed by atoms with E-state index in [-0.39, 0.29) is 0 Å². The number of piperidine rings is 3. The van der Waals surface area contributed by atoms with Gasteiger partial charge in [-0.15, -0.1) is 0 Å². The van der Waals surface area contributed by atoms with Crippen LogP contribution in [0.1, 0.15) is 58.3 Å². The van der Waals surface area contributed by atoms with Gasteiger partial charge in [0, 0.05) is 25.2 Å². The van der Waals surface area contributed by atoms with Gasteiger partial charge >= 0.3 is 0 Å². The third-order valence-electron chi connectivity index (χ3n) is 5.73. The molecule has 0 radical (unpaired) electrons. The first-order valence-corrected chi connectivity index (χ1v) is 7.13. The van der Waals surface area contributed by atoms with Gasteiger partial charge in [0.2, 0.25) is 0 Å². The van der Waals surface area contributed by atoms with Crippen molar-refractivity contribution >= 4 is 0 Å². The zero-order valence-electron chi connectivity index (χ0n) is 10.3. The van der Waals surface area contributed by atoms with E-state index in [4.69, 9.17) is 0 Å². The van der Waals surface area contributed by atoms with Gasteiger partial charge in [0.1, 0.15) is 0 Å². The lowest BCUT2D eigenvalue weighted by Crippen LogP contribution is -2.71. The van der Waals surface area contributed by atoms with Gasteiger partial charge in [0.05, 0.1) is 25.2 Å². The van der Waals surface area contributed by atoms with Crippen molar-refractivity contribution in [2.45, 2.75) is 63.8 Å². The normalized spacial score (nSPS) is 50.6. The molecule has 0 aromatic heterocycles. The summed E-state index contributed by atoms with van der Waals surface area (Å²) in [5.74, 6) is 0.995. The average Bonchev–Trinajstić information content (AvgIpc) is 2.27. The molecule has 3 heterocycles. The van der Waals surface area contributed by atoms with E-state index in [0.717, 1.165) is 11.5 Å². The predicted octanol–water partition coefficient (Wildman–Crippen LogP) is 3.34. The molecule has 0 N–H and O–H groups in total. The van der Waals surface area contributed by atoms with Crippen molar-refractivity contribution in [3.05, 3.63) is 0 Å². The largest absolute Gasteiger partial charge is 0.319 e. The Morgan fingerprint density at radius 2 is 1.60 bits per heavy atom. The maximum Gasteiger partial charge on any atom is 0.0992 e. The maximum atomic E-state index is 2.49. The molecule has 3 aliphatic heterocycles. The highest BCUT2D eigenvalue weighted by molar-refractivity contribution is 4.91. The number of quaternary nitrogens is 1. The Bertz CT molecular complexity index is 234. The summed E-state index contributed by atoms with van der Waals surface area (Å²) < 4.78 is 1.55. The minimum atomic E-state index is 0.767. The Morgan fingerprint density at radius 1 is 0.933 bits per heavy atom. The summed E-state index contributed by atoms with van der Waals surface area (Å²) in [7, 11) is 0. The van der Waals surface area contributed by atoms with Gasteiger partial charge in [0.15, 0.2) is 0 Å². The van der Waals surface area contributed by atoms with Crippen molar-refractivity contribution in [2.24, 2.45) is 5.92 Å². The van der Waals surface area contributed by atoms with Crippen LogP contribution in [-0.4, -0.2) is 29.7 Å². The summed E-state index contributed by atoms with van der Waals surface area (Å²) in [5, 5.41) is 0. The van der Waals surface area contributed by atoms with Crippen LogP contribution < -0.4 is 0 Å². The molecule has 0 aromatic carbocycles. The van der Waals surface area contributed by atoms with Gasteiger partial charge in [-0.3, -0.25) is 0 Å². The zero-order chi connectivity index (χ0) is 10.4. The van der Waals surface area contributed by atoms with E-state index < -0.39 is 0 Å². The second kappa shape index (κ2) is 3.48. The van der Waals surface area contributed by atoms with Gasteiger partial charge in [0.25, 0.3) is 0 Å². The van der Waals surface area contributed by atoms with E-state index in [9.17, 15) is 0 Å². The molecule has 15 heavy (non-hydrogen) atoms. The molecule has 3 rings (SSSR count). The monoisotopic (exact) mass is 208 g/mol. The fourth-order valence-corrected chi connectivity index (χ4v) is 4.99. The molecular formula is C14H26N+. The quantitative estimate of drug-likeness (QED) is 0.536. The van der Waals surface area contributed by atoms with Gasteiger partial charge in [-0.1, -0.05) is 6.92 Å². The van der Waals surface area contributed by atoms with Gasteiger partial charge in [-0.05, 0) is 32.1 Å². The minimum absolute atomic E-state index is 0.767. The standard InChI is InChI=1S/C14H26N/c1-13-6-9-14-7-2-4-10-15(14,12-13)11-5-3-8-14/h13H,2-12H2,1H3/q+1/t13-,14?,15?/m0/s1. The van der Waals surface area contributed by atoms with Crippen molar-refractivity contribution in [2.75, 3.05) is 19.6 Å². The Labute approximate surface area is 94.4 Å². The van der Waals surface area contributed by atoms with Gasteiger partial charge < -0.3 is 4.48 Å². The van der Waals surface area contributed by atoms with E-state index in [2.05, 4.69) is 6.92 Å². The Kier molecular flexibility index (Phi) is 2.35. The average molecular weight is 208 g/mol. The molecule has 0 unspecified atom stereocenters. The second-order valence-electron chi connectivity index (χ2n) is 6.56.